The van der Waals surface area contributed by atoms with E-state index in [2.05, 4.69) is 25.7 Å². The molecule has 0 radical (unpaired) electrons. The van der Waals surface area contributed by atoms with Crippen molar-refractivity contribution in [3.63, 3.8) is 0 Å². The van der Waals surface area contributed by atoms with E-state index >= 15 is 0 Å². The molecule has 1 amide bonds. The molecule has 0 saturated carbocycles. The largest absolute Gasteiger partial charge is 0.409 e. The number of nitrogens with two attached hydrogens (primary N) is 1. The molecule has 0 aliphatic carbocycles. The van der Waals surface area contributed by atoms with Crippen LogP contribution in [0.2, 0.25) is 0 Å². The van der Waals surface area contributed by atoms with E-state index in [-0.39, 0.29) is 11.7 Å². The Labute approximate surface area is 122 Å². The van der Waals surface area contributed by atoms with Gasteiger partial charge in [-0.3, -0.25) is 9.89 Å². The molecule has 1 fully saturated rings. The number of amides is 1. The molecule has 0 bridgehead atoms. The number of carbonyl (C=O) groups excluding carboxylic acids is 1. The molecule has 0 aromatic carbocycles. The van der Waals surface area contributed by atoms with Crippen molar-refractivity contribution in [3.8, 4) is 0 Å². The fraction of sp³-hybridized carbons (Fsp3) is 0.667. The van der Waals surface area contributed by atoms with Gasteiger partial charge in [0.25, 0.3) is 0 Å². The van der Waals surface area contributed by atoms with Crippen molar-refractivity contribution >= 4 is 11.7 Å². The maximum atomic E-state index is 12.4. The van der Waals surface area contributed by atoms with Crippen molar-refractivity contribution in [1.82, 2.24) is 20.5 Å². The molecule has 2 rings (SSSR count). The number of aromatic amines is 1. The first-order chi connectivity index (χ1) is 10.2. The lowest BCUT2D eigenvalue weighted by Gasteiger charge is -2.34. The molecular weight excluding hydrogens is 276 g/mol. The zero-order valence-electron chi connectivity index (χ0n) is 11.7. The SMILES string of the molecule is NC(=NO)C1(C(=O)NCCCc2ncn[nH]2)CCOCC1. The highest BCUT2D eigenvalue weighted by Crippen LogP contribution is 2.31. The predicted octanol–water partition coefficient (Wildman–Crippen LogP) is -0.603. The van der Waals surface area contributed by atoms with Crippen molar-refractivity contribution in [2.45, 2.75) is 25.7 Å². The second-order valence-corrected chi connectivity index (χ2v) is 4.97. The minimum absolute atomic E-state index is 0.0569. The number of oxime groups is 1. The molecule has 0 atom stereocenters. The summed E-state index contributed by atoms with van der Waals surface area (Å²) in [5.41, 5.74) is 4.75. The molecule has 9 nitrogen and oxygen atoms in total. The van der Waals surface area contributed by atoms with Gasteiger partial charge in [0.1, 0.15) is 17.6 Å². The van der Waals surface area contributed by atoms with Crippen molar-refractivity contribution in [3.05, 3.63) is 12.2 Å². The second kappa shape index (κ2) is 7.02. The summed E-state index contributed by atoms with van der Waals surface area (Å²) in [5.74, 6) is 0.499. The fourth-order valence-electron chi connectivity index (χ4n) is 2.39. The summed E-state index contributed by atoms with van der Waals surface area (Å²) in [7, 11) is 0. The van der Waals surface area contributed by atoms with E-state index in [1.807, 2.05) is 0 Å². The van der Waals surface area contributed by atoms with Gasteiger partial charge in [-0.25, -0.2) is 4.98 Å². The van der Waals surface area contributed by atoms with Gasteiger partial charge in [0, 0.05) is 26.2 Å². The van der Waals surface area contributed by atoms with E-state index in [9.17, 15) is 4.79 Å². The van der Waals surface area contributed by atoms with Crippen LogP contribution in [-0.4, -0.2) is 51.9 Å². The molecule has 1 saturated heterocycles. The summed E-state index contributed by atoms with van der Waals surface area (Å²) in [6.07, 6.45) is 3.70. The predicted molar refractivity (Wildman–Crippen MR) is 73.6 cm³/mol. The number of ether oxygens (including phenoxy) is 1. The number of aromatic nitrogens is 3. The minimum Gasteiger partial charge on any atom is -0.409 e. The number of amidine groups is 1. The van der Waals surface area contributed by atoms with Crippen molar-refractivity contribution in [1.29, 1.82) is 0 Å². The van der Waals surface area contributed by atoms with Gasteiger partial charge in [0.05, 0.1) is 0 Å². The monoisotopic (exact) mass is 296 g/mol. The Kier molecular flexibility index (Phi) is 5.09. The Hall–Kier alpha value is -2.16. The van der Waals surface area contributed by atoms with Gasteiger partial charge in [-0.15, -0.1) is 0 Å². The molecule has 0 spiro atoms. The molecular formula is C12H20N6O3. The van der Waals surface area contributed by atoms with Crippen molar-refractivity contribution < 1.29 is 14.7 Å². The van der Waals surface area contributed by atoms with Crippen LogP contribution in [0, 0.1) is 5.41 Å². The lowest BCUT2D eigenvalue weighted by molar-refractivity contribution is -0.131. The summed E-state index contributed by atoms with van der Waals surface area (Å²) in [6.45, 7) is 1.32. The van der Waals surface area contributed by atoms with Gasteiger partial charge in [-0.2, -0.15) is 5.10 Å². The van der Waals surface area contributed by atoms with E-state index in [4.69, 9.17) is 15.7 Å². The van der Waals surface area contributed by atoms with E-state index < -0.39 is 5.41 Å². The Morgan fingerprint density at radius 2 is 2.33 bits per heavy atom. The number of rotatable bonds is 6. The molecule has 1 aliphatic rings. The summed E-state index contributed by atoms with van der Waals surface area (Å²) >= 11 is 0. The number of carbonyl (C=O) groups is 1. The van der Waals surface area contributed by atoms with Crippen LogP contribution in [0.5, 0.6) is 0 Å². The molecule has 21 heavy (non-hydrogen) atoms. The number of aryl methyl sites for hydroxylation is 1. The highest BCUT2D eigenvalue weighted by Gasteiger charge is 2.44. The molecule has 1 aromatic heterocycles. The van der Waals surface area contributed by atoms with Crippen molar-refractivity contribution in [2.75, 3.05) is 19.8 Å². The summed E-state index contributed by atoms with van der Waals surface area (Å²) in [5, 5.41) is 21.3. The van der Waals surface area contributed by atoms with Crippen LogP contribution in [0.25, 0.3) is 0 Å². The quantitative estimate of drug-likeness (QED) is 0.182. The molecule has 2 heterocycles. The molecule has 5 N–H and O–H groups in total. The maximum absolute atomic E-state index is 12.4. The number of nitrogens with one attached hydrogen (secondary N) is 2. The molecule has 1 aliphatic heterocycles. The van der Waals surface area contributed by atoms with Gasteiger partial charge >= 0.3 is 0 Å². The lowest BCUT2D eigenvalue weighted by atomic mass is 9.78. The summed E-state index contributed by atoms with van der Waals surface area (Å²) in [6, 6.07) is 0. The van der Waals surface area contributed by atoms with Crippen LogP contribution < -0.4 is 11.1 Å². The molecule has 116 valence electrons. The van der Waals surface area contributed by atoms with Crippen LogP contribution in [0.1, 0.15) is 25.1 Å². The zero-order chi connectivity index (χ0) is 15.1. The van der Waals surface area contributed by atoms with E-state index in [1.165, 1.54) is 6.33 Å². The first-order valence-electron chi connectivity index (χ1n) is 6.87. The van der Waals surface area contributed by atoms with Crippen molar-refractivity contribution in [2.24, 2.45) is 16.3 Å². The molecule has 1 aromatic rings. The lowest BCUT2D eigenvalue weighted by Crippen LogP contribution is -2.52. The third-order valence-corrected chi connectivity index (χ3v) is 3.72. The van der Waals surface area contributed by atoms with E-state index in [0.717, 1.165) is 12.2 Å². The first kappa shape index (κ1) is 15.2. The molecule has 0 unspecified atom stereocenters. The Balaban J connectivity index is 1.87. The van der Waals surface area contributed by atoms with Gasteiger partial charge < -0.3 is 21.0 Å². The number of nitrogens with zero attached hydrogens (tertiary/aromatic N) is 3. The normalized spacial score (nSPS) is 18.4. The topological polar surface area (TPSA) is 139 Å². The summed E-state index contributed by atoms with van der Waals surface area (Å²) < 4.78 is 5.25. The third kappa shape index (κ3) is 3.48. The highest BCUT2D eigenvalue weighted by atomic mass is 16.5. The Bertz CT molecular complexity index is 481. The number of H-pyrrole nitrogens is 1. The fourth-order valence-corrected chi connectivity index (χ4v) is 2.39. The highest BCUT2D eigenvalue weighted by molar-refractivity contribution is 6.06. The van der Waals surface area contributed by atoms with Crippen LogP contribution in [0.3, 0.4) is 0 Å². The number of hydrogen-bond donors (Lipinski definition) is 4. The maximum Gasteiger partial charge on any atom is 0.234 e. The average Bonchev–Trinajstić information content (AvgIpc) is 3.04. The van der Waals surface area contributed by atoms with E-state index in [0.29, 0.717) is 39.0 Å². The van der Waals surface area contributed by atoms with Gasteiger partial charge in [-0.1, -0.05) is 5.16 Å². The average molecular weight is 296 g/mol. The van der Waals surface area contributed by atoms with Crippen LogP contribution in [0.15, 0.2) is 11.5 Å². The van der Waals surface area contributed by atoms with E-state index in [1.54, 1.807) is 0 Å². The third-order valence-electron chi connectivity index (χ3n) is 3.72. The zero-order valence-corrected chi connectivity index (χ0v) is 11.7. The van der Waals surface area contributed by atoms with Crippen LogP contribution in [-0.2, 0) is 16.0 Å². The Morgan fingerprint density at radius 3 is 2.95 bits per heavy atom. The van der Waals surface area contributed by atoms with Gasteiger partial charge in [0.2, 0.25) is 5.91 Å². The smallest absolute Gasteiger partial charge is 0.234 e. The summed E-state index contributed by atoms with van der Waals surface area (Å²) in [4.78, 5) is 16.4. The second-order valence-electron chi connectivity index (χ2n) is 4.97. The minimum atomic E-state index is -0.973. The van der Waals surface area contributed by atoms with Crippen LogP contribution in [0.4, 0.5) is 0 Å². The van der Waals surface area contributed by atoms with Gasteiger partial charge in [0.15, 0.2) is 5.84 Å². The standard InChI is InChI=1S/C12H20N6O3/c13-10(18-20)12(3-6-21-7-4-12)11(19)14-5-1-2-9-15-8-16-17-9/h8,20H,1-7H2,(H2,13,18)(H,14,19)(H,15,16,17). The Morgan fingerprint density at radius 1 is 1.57 bits per heavy atom. The first-order valence-corrected chi connectivity index (χ1v) is 6.87. The number of hydrogen-bond acceptors (Lipinski definition) is 6. The molecule has 9 heteroatoms. The van der Waals surface area contributed by atoms with Gasteiger partial charge in [-0.05, 0) is 19.3 Å². The van der Waals surface area contributed by atoms with Crippen LogP contribution >= 0.6 is 0 Å².